The van der Waals surface area contributed by atoms with Gasteiger partial charge in [-0.1, -0.05) is 18.2 Å². The van der Waals surface area contributed by atoms with Gasteiger partial charge in [-0.05, 0) is 18.2 Å². The number of ketones is 1. The van der Waals surface area contributed by atoms with Crippen molar-refractivity contribution in [1.29, 1.82) is 0 Å². The van der Waals surface area contributed by atoms with Crippen molar-refractivity contribution in [3.63, 3.8) is 0 Å². The summed E-state index contributed by atoms with van der Waals surface area (Å²) in [7, 11) is 0. The van der Waals surface area contributed by atoms with Gasteiger partial charge in [-0.3, -0.25) is 14.9 Å². The number of benzene rings is 2. The first-order valence-electron chi connectivity index (χ1n) is 5.83. The number of para-hydroxylation sites is 1. The SMILES string of the molecule is O=C(COc1c(F)cccc1[N+](=O)[O-])c1cccc(F)c1. The first-order chi connectivity index (χ1) is 9.99. The minimum absolute atomic E-state index is 0.0361. The van der Waals surface area contributed by atoms with Crippen LogP contribution in [0.2, 0.25) is 0 Å². The van der Waals surface area contributed by atoms with Gasteiger partial charge in [0.25, 0.3) is 0 Å². The van der Waals surface area contributed by atoms with Crippen LogP contribution in [-0.4, -0.2) is 17.3 Å². The molecule has 2 aromatic carbocycles. The van der Waals surface area contributed by atoms with Crippen molar-refractivity contribution >= 4 is 11.5 Å². The largest absolute Gasteiger partial charge is 0.476 e. The van der Waals surface area contributed by atoms with E-state index in [0.717, 1.165) is 24.3 Å². The second-order valence-corrected chi connectivity index (χ2v) is 4.07. The van der Waals surface area contributed by atoms with Crippen molar-refractivity contribution < 1.29 is 23.2 Å². The van der Waals surface area contributed by atoms with Crippen LogP contribution < -0.4 is 4.74 Å². The third-order valence-corrected chi connectivity index (χ3v) is 2.64. The van der Waals surface area contributed by atoms with Crippen molar-refractivity contribution in [2.24, 2.45) is 0 Å². The first-order valence-corrected chi connectivity index (χ1v) is 5.83. The fraction of sp³-hybridized carbons (Fsp3) is 0.0714. The lowest BCUT2D eigenvalue weighted by Gasteiger charge is -2.07. The van der Waals surface area contributed by atoms with E-state index in [4.69, 9.17) is 4.74 Å². The number of hydrogen-bond acceptors (Lipinski definition) is 4. The van der Waals surface area contributed by atoms with Crippen molar-refractivity contribution in [3.8, 4) is 5.75 Å². The summed E-state index contributed by atoms with van der Waals surface area (Å²) in [5, 5.41) is 10.8. The molecule has 7 heteroatoms. The minimum atomic E-state index is -0.948. The maximum absolute atomic E-state index is 13.5. The van der Waals surface area contributed by atoms with Crippen LogP contribution in [-0.2, 0) is 0 Å². The van der Waals surface area contributed by atoms with E-state index < -0.39 is 40.4 Å². The lowest BCUT2D eigenvalue weighted by molar-refractivity contribution is -0.386. The van der Waals surface area contributed by atoms with Gasteiger partial charge in [0.05, 0.1) is 4.92 Å². The van der Waals surface area contributed by atoms with E-state index in [1.165, 1.54) is 18.2 Å². The van der Waals surface area contributed by atoms with E-state index in [-0.39, 0.29) is 5.56 Å². The summed E-state index contributed by atoms with van der Waals surface area (Å²) in [6, 6.07) is 8.08. The molecular formula is C14H9F2NO4. The molecule has 0 atom stereocenters. The number of rotatable bonds is 5. The Hall–Kier alpha value is -2.83. The number of halogens is 2. The molecule has 0 amide bonds. The summed E-state index contributed by atoms with van der Waals surface area (Å²) in [5.74, 6) is -2.78. The second kappa shape index (κ2) is 6.08. The molecule has 0 heterocycles. The highest BCUT2D eigenvalue weighted by Crippen LogP contribution is 2.29. The molecule has 0 unspecified atom stereocenters. The van der Waals surface area contributed by atoms with Gasteiger partial charge in [-0.2, -0.15) is 0 Å². The molecule has 0 saturated heterocycles. The Balaban J connectivity index is 2.17. The van der Waals surface area contributed by atoms with Crippen LogP contribution in [0.3, 0.4) is 0 Å². The molecular weight excluding hydrogens is 284 g/mol. The zero-order chi connectivity index (χ0) is 15.4. The van der Waals surface area contributed by atoms with Crippen LogP contribution in [0.25, 0.3) is 0 Å². The van der Waals surface area contributed by atoms with E-state index in [1.807, 2.05) is 0 Å². The molecule has 0 aliphatic carbocycles. The van der Waals surface area contributed by atoms with Gasteiger partial charge in [0.15, 0.2) is 18.2 Å². The summed E-state index contributed by atoms with van der Waals surface area (Å²) in [5.41, 5.74) is -0.545. The molecule has 0 bridgehead atoms. The molecule has 21 heavy (non-hydrogen) atoms. The number of carbonyl (C=O) groups excluding carboxylic acids is 1. The molecule has 0 radical (unpaired) electrons. The van der Waals surface area contributed by atoms with Gasteiger partial charge < -0.3 is 4.74 Å². The summed E-state index contributed by atoms with van der Waals surface area (Å²) in [4.78, 5) is 21.7. The summed E-state index contributed by atoms with van der Waals surface area (Å²) in [6.07, 6.45) is 0. The molecule has 0 saturated carbocycles. The maximum atomic E-state index is 13.5. The van der Waals surface area contributed by atoms with E-state index >= 15 is 0 Å². The molecule has 0 fully saturated rings. The smallest absolute Gasteiger partial charge is 0.314 e. The summed E-state index contributed by atoms with van der Waals surface area (Å²) >= 11 is 0. The molecule has 2 rings (SSSR count). The number of Topliss-reactive ketones (excluding diaryl/α,β-unsaturated/α-hetero) is 1. The molecule has 2 aromatic rings. The van der Waals surface area contributed by atoms with Crippen molar-refractivity contribution in [1.82, 2.24) is 0 Å². The number of hydrogen-bond donors (Lipinski definition) is 0. The van der Waals surface area contributed by atoms with Gasteiger partial charge >= 0.3 is 5.69 Å². The van der Waals surface area contributed by atoms with E-state index in [2.05, 4.69) is 0 Å². The topological polar surface area (TPSA) is 69.4 Å². The Bertz CT molecular complexity index is 703. The standard InChI is InChI=1S/C14H9F2NO4/c15-10-4-1-3-9(7-10)13(18)8-21-14-11(16)5-2-6-12(14)17(19)20/h1-7H,8H2. The van der Waals surface area contributed by atoms with Gasteiger partial charge in [0, 0.05) is 11.6 Å². The van der Waals surface area contributed by atoms with Gasteiger partial charge in [-0.15, -0.1) is 0 Å². The van der Waals surface area contributed by atoms with E-state index in [0.29, 0.717) is 0 Å². The fourth-order valence-corrected chi connectivity index (χ4v) is 1.67. The van der Waals surface area contributed by atoms with Crippen molar-refractivity contribution in [2.45, 2.75) is 0 Å². The lowest BCUT2D eigenvalue weighted by Crippen LogP contribution is -2.13. The monoisotopic (exact) mass is 293 g/mol. The van der Waals surface area contributed by atoms with E-state index in [9.17, 15) is 23.7 Å². The summed E-state index contributed by atoms with van der Waals surface area (Å²) < 4.78 is 31.4. The third-order valence-electron chi connectivity index (χ3n) is 2.64. The van der Waals surface area contributed by atoms with Crippen LogP contribution in [0.5, 0.6) is 5.75 Å². The number of carbonyl (C=O) groups is 1. The Morgan fingerprint density at radius 1 is 1.19 bits per heavy atom. The van der Waals surface area contributed by atoms with Crippen molar-refractivity contribution in [2.75, 3.05) is 6.61 Å². The number of ether oxygens (including phenoxy) is 1. The summed E-state index contributed by atoms with van der Waals surface area (Å²) in [6.45, 7) is -0.634. The Labute approximate surface area is 117 Å². The van der Waals surface area contributed by atoms with Crippen LogP contribution in [0.4, 0.5) is 14.5 Å². The Kier molecular flexibility index (Phi) is 4.22. The molecule has 0 aliphatic rings. The zero-order valence-electron chi connectivity index (χ0n) is 10.6. The minimum Gasteiger partial charge on any atom is -0.476 e. The molecule has 0 aromatic heterocycles. The van der Waals surface area contributed by atoms with Crippen LogP contribution >= 0.6 is 0 Å². The zero-order valence-corrected chi connectivity index (χ0v) is 10.6. The van der Waals surface area contributed by atoms with Gasteiger partial charge in [0.2, 0.25) is 5.75 Å². The van der Waals surface area contributed by atoms with Crippen LogP contribution in [0, 0.1) is 21.7 Å². The molecule has 0 aliphatic heterocycles. The molecule has 108 valence electrons. The lowest BCUT2D eigenvalue weighted by atomic mass is 10.1. The Morgan fingerprint density at radius 2 is 1.90 bits per heavy atom. The van der Waals surface area contributed by atoms with Crippen LogP contribution in [0.1, 0.15) is 10.4 Å². The molecule has 0 N–H and O–H groups in total. The highest BCUT2D eigenvalue weighted by molar-refractivity contribution is 5.97. The Morgan fingerprint density at radius 3 is 2.57 bits per heavy atom. The highest BCUT2D eigenvalue weighted by Gasteiger charge is 2.20. The number of nitro groups is 1. The average molecular weight is 293 g/mol. The van der Waals surface area contributed by atoms with E-state index in [1.54, 1.807) is 0 Å². The fourth-order valence-electron chi connectivity index (χ4n) is 1.67. The normalized spacial score (nSPS) is 10.2. The third kappa shape index (κ3) is 3.38. The van der Waals surface area contributed by atoms with Crippen molar-refractivity contribution in [3.05, 3.63) is 69.8 Å². The molecule has 5 nitrogen and oxygen atoms in total. The maximum Gasteiger partial charge on any atom is 0.314 e. The first kappa shape index (κ1) is 14.6. The second-order valence-electron chi connectivity index (χ2n) is 4.07. The quantitative estimate of drug-likeness (QED) is 0.482. The number of nitro benzene ring substituents is 1. The highest BCUT2D eigenvalue weighted by atomic mass is 19.1. The molecule has 0 spiro atoms. The van der Waals surface area contributed by atoms with Crippen LogP contribution in [0.15, 0.2) is 42.5 Å². The predicted octanol–water partition coefficient (Wildman–Crippen LogP) is 3.13. The van der Waals surface area contributed by atoms with Gasteiger partial charge in [0.1, 0.15) is 5.82 Å². The van der Waals surface area contributed by atoms with Gasteiger partial charge in [-0.25, -0.2) is 8.78 Å². The predicted molar refractivity (Wildman–Crippen MR) is 69.3 cm³/mol. The number of nitrogens with zero attached hydrogens (tertiary/aromatic N) is 1. The average Bonchev–Trinajstić information content (AvgIpc) is 2.45.